The first-order valence-corrected chi connectivity index (χ1v) is 4.90. The molecule has 1 atom stereocenters. The van der Waals surface area contributed by atoms with Crippen LogP contribution >= 0.6 is 0 Å². The van der Waals surface area contributed by atoms with Gasteiger partial charge in [0.2, 0.25) is 5.78 Å². The quantitative estimate of drug-likeness (QED) is 0.426. The van der Waals surface area contributed by atoms with E-state index in [4.69, 9.17) is 5.53 Å². The molecule has 0 spiro atoms. The lowest BCUT2D eigenvalue weighted by Crippen LogP contribution is -2.15. The van der Waals surface area contributed by atoms with Crippen molar-refractivity contribution in [3.8, 4) is 0 Å². The lowest BCUT2D eigenvalue weighted by molar-refractivity contribution is -0.122. The molecule has 1 rings (SSSR count). The van der Waals surface area contributed by atoms with Crippen LogP contribution in [-0.2, 0) is 9.59 Å². The minimum Gasteiger partial charge on any atom is -0.361 e. The Morgan fingerprint density at radius 3 is 2.50 bits per heavy atom. The Balaban J connectivity index is 2.89. The molecular weight excluding hydrogens is 204 g/mol. The number of nitrogens with zero attached hydrogens (tertiary/aromatic N) is 2. The van der Waals surface area contributed by atoms with E-state index in [-0.39, 0.29) is 18.0 Å². The fraction of sp³-hybridized carbons (Fsp3) is 0.250. The number of Topliss-reactive ketones (excluding diaryl/α,β-unsaturated/α-hetero) is 2. The smallest absolute Gasteiger partial charge is 0.323 e. The number of hydrogen-bond donors (Lipinski definition) is 0. The van der Waals surface area contributed by atoms with E-state index in [0.717, 1.165) is 11.8 Å². The van der Waals surface area contributed by atoms with Crippen LogP contribution in [0.1, 0.15) is 24.8 Å². The van der Waals surface area contributed by atoms with Gasteiger partial charge >= 0.3 is 6.21 Å². The number of carbonyl (C=O) groups excluding carboxylic acids is 2. The first-order chi connectivity index (χ1) is 7.65. The molecule has 0 aromatic heterocycles. The Labute approximate surface area is 93.5 Å². The molecule has 82 valence electrons. The number of ketones is 2. The first-order valence-electron chi connectivity index (χ1n) is 4.90. The summed E-state index contributed by atoms with van der Waals surface area (Å²) in [7, 11) is 0. The molecule has 0 amide bonds. The summed E-state index contributed by atoms with van der Waals surface area (Å²) in [6, 6.07) is 9.08. The number of rotatable bonds is 5. The molecular formula is C12H12N2O2. The highest BCUT2D eigenvalue weighted by atomic mass is 16.1. The van der Waals surface area contributed by atoms with Gasteiger partial charge in [0.05, 0.1) is 0 Å². The highest BCUT2D eigenvalue weighted by Crippen LogP contribution is 2.20. The summed E-state index contributed by atoms with van der Waals surface area (Å²) >= 11 is 0. The van der Waals surface area contributed by atoms with E-state index in [0.29, 0.717) is 0 Å². The van der Waals surface area contributed by atoms with Gasteiger partial charge in [0.1, 0.15) is 5.78 Å². The second kappa shape index (κ2) is 5.73. The average molecular weight is 216 g/mol. The van der Waals surface area contributed by atoms with E-state index in [1.54, 1.807) is 12.1 Å². The predicted molar refractivity (Wildman–Crippen MR) is 59.2 cm³/mol. The van der Waals surface area contributed by atoms with Gasteiger partial charge in [-0.3, -0.25) is 9.59 Å². The van der Waals surface area contributed by atoms with Crippen LogP contribution in [0.3, 0.4) is 0 Å². The van der Waals surface area contributed by atoms with E-state index in [2.05, 4.69) is 4.79 Å². The van der Waals surface area contributed by atoms with Gasteiger partial charge in [-0.25, -0.2) is 0 Å². The zero-order valence-corrected chi connectivity index (χ0v) is 8.96. The predicted octanol–water partition coefficient (Wildman–Crippen LogP) is 1.62. The van der Waals surface area contributed by atoms with Gasteiger partial charge in [0, 0.05) is 12.3 Å². The minimum absolute atomic E-state index is 0.0312. The summed E-state index contributed by atoms with van der Waals surface area (Å²) in [6.45, 7) is 1.45. The van der Waals surface area contributed by atoms with Gasteiger partial charge in [-0.1, -0.05) is 30.3 Å². The van der Waals surface area contributed by atoms with Gasteiger partial charge in [0.25, 0.3) is 0 Å². The molecule has 1 aromatic carbocycles. The zero-order chi connectivity index (χ0) is 12.0. The topological polar surface area (TPSA) is 70.5 Å². The highest BCUT2D eigenvalue weighted by molar-refractivity contribution is 6.26. The zero-order valence-electron chi connectivity index (χ0n) is 8.96. The third-order valence-corrected chi connectivity index (χ3v) is 2.30. The van der Waals surface area contributed by atoms with Gasteiger partial charge in [-0.2, -0.15) is 4.79 Å². The van der Waals surface area contributed by atoms with E-state index in [9.17, 15) is 9.59 Å². The van der Waals surface area contributed by atoms with Crippen LogP contribution in [-0.4, -0.2) is 22.6 Å². The molecule has 0 heterocycles. The number of hydrogen-bond acceptors (Lipinski definition) is 2. The summed E-state index contributed by atoms with van der Waals surface area (Å²) in [5.74, 6) is -0.913. The van der Waals surface area contributed by atoms with Gasteiger partial charge < -0.3 is 5.53 Å². The van der Waals surface area contributed by atoms with Gasteiger partial charge in [-0.05, 0) is 12.5 Å². The molecule has 0 aliphatic rings. The molecule has 0 bridgehead atoms. The van der Waals surface area contributed by atoms with Crippen molar-refractivity contribution in [2.24, 2.45) is 0 Å². The average Bonchev–Trinajstić information content (AvgIpc) is 2.27. The molecule has 1 unspecified atom stereocenters. The fourth-order valence-corrected chi connectivity index (χ4v) is 1.50. The Morgan fingerprint density at radius 1 is 1.38 bits per heavy atom. The number of benzene rings is 1. The Bertz CT molecular complexity index is 434. The lowest BCUT2D eigenvalue weighted by Gasteiger charge is -2.10. The van der Waals surface area contributed by atoms with Crippen molar-refractivity contribution >= 4 is 17.8 Å². The van der Waals surface area contributed by atoms with Crippen LogP contribution in [0.25, 0.3) is 5.53 Å². The van der Waals surface area contributed by atoms with Crippen molar-refractivity contribution in [3.63, 3.8) is 0 Å². The minimum atomic E-state index is -0.466. The van der Waals surface area contributed by atoms with E-state index in [1.165, 1.54) is 6.92 Å². The SMILES string of the molecule is CC(=O)C(CC(=O)C=[N+]=[N-])c1ccccc1. The molecule has 0 saturated heterocycles. The summed E-state index contributed by atoms with van der Waals surface area (Å²) in [5, 5.41) is 0. The molecule has 4 nitrogen and oxygen atoms in total. The van der Waals surface area contributed by atoms with Crippen LogP contribution in [0, 0.1) is 0 Å². The van der Waals surface area contributed by atoms with Crippen molar-refractivity contribution in [3.05, 3.63) is 41.4 Å². The Hall–Kier alpha value is -2.06. The molecule has 1 aromatic rings. The summed E-state index contributed by atoms with van der Waals surface area (Å²) < 4.78 is 0. The molecule has 0 saturated carbocycles. The molecule has 0 aliphatic heterocycles. The summed E-state index contributed by atoms with van der Waals surface area (Å²) in [5.41, 5.74) is 9.02. The standard InChI is InChI=1S/C12H12N2O2/c1-9(15)12(7-11(16)8-14-13)10-5-3-2-4-6-10/h2-6,8,12H,7H2,1H3. The Kier molecular flexibility index (Phi) is 4.30. The maximum atomic E-state index is 11.4. The molecule has 16 heavy (non-hydrogen) atoms. The maximum absolute atomic E-state index is 11.4. The molecule has 4 heteroatoms. The highest BCUT2D eigenvalue weighted by Gasteiger charge is 2.20. The van der Waals surface area contributed by atoms with E-state index >= 15 is 0 Å². The van der Waals surface area contributed by atoms with Crippen molar-refractivity contribution in [2.45, 2.75) is 19.3 Å². The third-order valence-electron chi connectivity index (χ3n) is 2.30. The van der Waals surface area contributed by atoms with Crippen LogP contribution in [0.15, 0.2) is 30.3 Å². The van der Waals surface area contributed by atoms with Crippen molar-refractivity contribution in [2.75, 3.05) is 0 Å². The third kappa shape index (κ3) is 3.26. The van der Waals surface area contributed by atoms with Gasteiger partial charge in [0.15, 0.2) is 0 Å². The fourth-order valence-electron chi connectivity index (χ4n) is 1.50. The van der Waals surface area contributed by atoms with Crippen LogP contribution < -0.4 is 0 Å². The van der Waals surface area contributed by atoms with Crippen LogP contribution in [0.5, 0.6) is 0 Å². The van der Waals surface area contributed by atoms with Gasteiger partial charge in [-0.15, -0.1) is 0 Å². The molecule has 0 N–H and O–H groups in total. The second-order valence-corrected chi connectivity index (χ2v) is 3.49. The second-order valence-electron chi connectivity index (χ2n) is 3.49. The van der Waals surface area contributed by atoms with Crippen LogP contribution in [0.4, 0.5) is 0 Å². The van der Waals surface area contributed by atoms with Crippen LogP contribution in [0.2, 0.25) is 0 Å². The first kappa shape index (κ1) is 12.0. The molecule has 0 fully saturated rings. The summed E-state index contributed by atoms with van der Waals surface area (Å²) in [4.78, 5) is 25.4. The maximum Gasteiger partial charge on any atom is 0.323 e. The normalized spacial score (nSPS) is 11.3. The van der Waals surface area contributed by atoms with Crippen molar-refractivity contribution < 1.29 is 14.4 Å². The van der Waals surface area contributed by atoms with E-state index in [1.807, 2.05) is 18.2 Å². The lowest BCUT2D eigenvalue weighted by atomic mass is 9.91. The van der Waals surface area contributed by atoms with Crippen molar-refractivity contribution in [1.29, 1.82) is 0 Å². The molecule has 0 radical (unpaired) electrons. The Morgan fingerprint density at radius 2 is 2.00 bits per heavy atom. The number of carbonyl (C=O) groups is 2. The monoisotopic (exact) mass is 216 g/mol. The summed E-state index contributed by atoms with van der Waals surface area (Å²) in [6.07, 6.45) is 0.849. The van der Waals surface area contributed by atoms with Crippen molar-refractivity contribution in [1.82, 2.24) is 0 Å². The van der Waals surface area contributed by atoms with E-state index < -0.39 is 5.92 Å². The molecule has 0 aliphatic carbocycles. The largest absolute Gasteiger partial charge is 0.361 e.